The Kier molecular flexibility index (Phi) is 7.50. The summed E-state index contributed by atoms with van der Waals surface area (Å²) in [5, 5.41) is 11.8. The van der Waals surface area contributed by atoms with Crippen LogP contribution in [-0.2, 0) is 14.3 Å². The lowest BCUT2D eigenvalue weighted by Gasteiger charge is -2.27. The molecule has 2 aromatic rings. The molecule has 1 unspecified atom stereocenters. The molecule has 4 rings (SSSR count). The predicted molar refractivity (Wildman–Crippen MR) is 129 cm³/mol. The largest absolute Gasteiger partial charge is 0.481 e. The molecule has 1 fully saturated rings. The Labute approximate surface area is 200 Å². The van der Waals surface area contributed by atoms with Crippen LogP contribution < -0.4 is 5.32 Å². The zero-order valence-corrected chi connectivity index (χ0v) is 19.5. The van der Waals surface area contributed by atoms with Gasteiger partial charge in [-0.05, 0) is 41.5 Å². The number of hydrogen-bond acceptors (Lipinski definition) is 4. The standard InChI is InChI=1S/C27H32N2O5/c1-2-3-12-24(26(32)29(18-13-14-18)16-15-25(30)31)28-27(33)34-17-23-21-10-6-4-8-19(21)20-9-5-7-11-22(20)23/h4-11,18,23-24H,2-3,12-17H2,1H3,(H,28,33)(H,30,31). The molecule has 0 aliphatic heterocycles. The average molecular weight is 465 g/mol. The summed E-state index contributed by atoms with van der Waals surface area (Å²) in [7, 11) is 0. The Bertz CT molecular complexity index is 1000. The summed E-state index contributed by atoms with van der Waals surface area (Å²) in [4.78, 5) is 38.7. The van der Waals surface area contributed by atoms with Gasteiger partial charge in [0.25, 0.3) is 0 Å². The summed E-state index contributed by atoms with van der Waals surface area (Å²) in [6.45, 7) is 2.37. The van der Waals surface area contributed by atoms with E-state index in [0.29, 0.717) is 6.42 Å². The van der Waals surface area contributed by atoms with E-state index >= 15 is 0 Å². The van der Waals surface area contributed by atoms with Gasteiger partial charge in [-0.1, -0.05) is 68.3 Å². The molecule has 2 aliphatic rings. The number of benzene rings is 2. The summed E-state index contributed by atoms with van der Waals surface area (Å²) < 4.78 is 5.64. The molecule has 2 N–H and O–H groups in total. The lowest BCUT2D eigenvalue weighted by atomic mass is 9.98. The number of nitrogens with zero attached hydrogens (tertiary/aromatic N) is 1. The van der Waals surface area contributed by atoms with Crippen molar-refractivity contribution >= 4 is 18.0 Å². The Morgan fingerprint density at radius 1 is 1.06 bits per heavy atom. The Hall–Kier alpha value is -3.35. The number of carbonyl (C=O) groups excluding carboxylic acids is 2. The minimum absolute atomic E-state index is 0.0542. The van der Waals surface area contributed by atoms with Crippen molar-refractivity contribution in [2.24, 2.45) is 0 Å². The molecule has 7 nitrogen and oxygen atoms in total. The second-order valence-electron chi connectivity index (χ2n) is 9.07. The molecule has 0 radical (unpaired) electrons. The molecule has 1 saturated carbocycles. The van der Waals surface area contributed by atoms with Crippen LogP contribution in [0.15, 0.2) is 48.5 Å². The maximum absolute atomic E-state index is 13.2. The highest BCUT2D eigenvalue weighted by Crippen LogP contribution is 2.44. The highest BCUT2D eigenvalue weighted by atomic mass is 16.5. The summed E-state index contributed by atoms with van der Waals surface area (Å²) in [5.74, 6) is -1.21. The number of alkyl carbamates (subject to hydrolysis) is 1. The highest BCUT2D eigenvalue weighted by Gasteiger charge is 2.37. The van der Waals surface area contributed by atoms with Crippen LogP contribution in [0.4, 0.5) is 4.79 Å². The van der Waals surface area contributed by atoms with E-state index in [4.69, 9.17) is 9.84 Å². The van der Waals surface area contributed by atoms with Gasteiger partial charge in [0.2, 0.25) is 5.91 Å². The topological polar surface area (TPSA) is 95.9 Å². The molecule has 2 aromatic carbocycles. The molecule has 0 spiro atoms. The van der Waals surface area contributed by atoms with E-state index in [1.54, 1.807) is 4.90 Å². The molecular weight excluding hydrogens is 432 g/mol. The molecular formula is C27H32N2O5. The first kappa shape index (κ1) is 23.8. The number of carbonyl (C=O) groups is 3. The number of rotatable bonds is 11. The molecule has 7 heteroatoms. The Morgan fingerprint density at radius 3 is 2.24 bits per heavy atom. The van der Waals surface area contributed by atoms with Crippen LogP contribution in [0.25, 0.3) is 11.1 Å². The number of amides is 2. The molecule has 2 amide bonds. The van der Waals surface area contributed by atoms with E-state index in [9.17, 15) is 14.4 Å². The first-order valence-electron chi connectivity index (χ1n) is 12.1. The number of hydrogen-bond donors (Lipinski definition) is 2. The van der Waals surface area contributed by atoms with Crippen LogP contribution >= 0.6 is 0 Å². The predicted octanol–water partition coefficient (Wildman–Crippen LogP) is 4.55. The third-order valence-corrected chi connectivity index (χ3v) is 6.62. The zero-order chi connectivity index (χ0) is 24.1. The van der Waals surface area contributed by atoms with Gasteiger partial charge in [0.1, 0.15) is 12.6 Å². The molecule has 0 bridgehead atoms. The summed E-state index contributed by atoms with van der Waals surface area (Å²) in [5.41, 5.74) is 4.57. The van der Waals surface area contributed by atoms with Gasteiger partial charge in [-0.25, -0.2) is 4.79 Å². The van der Waals surface area contributed by atoms with Crippen molar-refractivity contribution in [1.29, 1.82) is 0 Å². The fourth-order valence-electron chi connectivity index (χ4n) is 4.72. The number of fused-ring (bicyclic) bond motifs is 3. The average Bonchev–Trinajstić information content (AvgIpc) is 3.62. The minimum atomic E-state index is -0.937. The van der Waals surface area contributed by atoms with Crippen LogP contribution in [0.5, 0.6) is 0 Å². The van der Waals surface area contributed by atoms with Gasteiger partial charge in [-0.15, -0.1) is 0 Å². The second-order valence-corrected chi connectivity index (χ2v) is 9.07. The Morgan fingerprint density at radius 2 is 1.68 bits per heavy atom. The fraction of sp³-hybridized carbons (Fsp3) is 0.444. The summed E-state index contributed by atoms with van der Waals surface area (Å²) >= 11 is 0. The van der Waals surface area contributed by atoms with Crippen LogP contribution in [0.3, 0.4) is 0 Å². The van der Waals surface area contributed by atoms with E-state index in [2.05, 4.69) is 29.6 Å². The number of unbranched alkanes of at least 4 members (excludes halogenated alkanes) is 1. The molecule has 0 heterocycles. The third kappa shape index (κ3) is 5.41. The number of carboxylic acids is 1. The number of carboxylic acid groups (broad SMARTS) is 1. The first-order valence-corrected chi connectivity index (χ1v) is 12.1. The van der Waals surface area contributed by atoms with Crippen LogP contribution in [0.2, 0.25) is 0 Å². The van der Waals surface area contributed by atoms with Gasteiger partial charge in [-0.3, -0.25) is 9.59 Å². The summed E-state index contributed by atoms with van der Waals surface area (Å²) in [6, 6.07) is 15.6. The molecule has 1 atom stereocenters. The van der Waals surface area contributed by atoms with Gasteiger partial charge in [0.15, 0.2) is 0 Å². The van der Waals surface area contributed by atoms with Crippen molar-refractivity contribution in [3.05, 3.63) is 59.7 Å². The lowest BCUT2D eigenvalue weighted by Crippen LogP contribution is -2.50. The second kappa shape index (κ2) is 10.7. The van der Waals surface area contributed by atoms with Crippen LogP contribution in [0, 0.1) is 0 Å². The smallest absolute Gasteiger partial charge is 0.407 e. The van der Waals surface area contributed by atoms with E-state index in [1.807, 2.05) is 31.2 Å². The van der Waals surface area contributed by atoms with Gasteiger partial charge in [-0.2, -0.15) is 0 Å². The molecule has 0 aromatic heterocycles. The van der Waals surface area contributed by atoms with Crippen molar-refractivity contribution in [2.75, 3.05) is 13.2 Å². The monoisotopic (exact) mass is 464 g/mol. The Balaban J connectivity index is 1.41. The lowest BCUT2D eigenvalue weighted by molar-refractivity contribution is -0.139. The van der Waals surface area contributed by atoms with Crippen LogP contribution in [0.1, 0.15) is 62.5 Å². The molecule has 180 valence electrons. The van der Waals surface area contributed by atoms with Crippen molar-refractivity contribution in [3.8, 4) is 11.1 Å². The van der Waals surface area contributed by atoms with Crippen molar-refractivity contribution in [3.63, 3.8) is 0 Å². The van der Waals surface area contributed by atoms with E-state index in [0.717, 1.165) is 47.9 Å². The molecule has 0 saturated heterocycles. The minimum Gasteiger partial charge on any atom is -0.481 e. The number of ether oxygens (including phenoxy) is 1. The van der Waals surface area contributed by atoms with Crippen molar-refractivity contribution in [2.45, 2.75) is 63.5 Å². The van der Waals surface area contributed by atoms with Gasteiger partial charge in [0.05, 0.1) is 6.42 Å². The number of nitrogens with one attached hydrogen (secondary N) is 1. The van der Waals surface area contributed by atoms with E-state index < -0.39 is 18.1 Å². The SMILES string of the molecule is CCCCC(NC(=O)OCC1c2ccccc2-c2ccccc21)C(=O)N(CCC(=O)O)C1CC1. The zero-order valence-electron chi connectivity index (χ0n) is 19.5. The van der Waals surface area contributed by atoms with E-state index in [1.165, 1.54) is 0 Å². The maximum Gasteiger partial charge on any atom is 0.407 e. The van der Waals surface area contributed by atoms with E-state index in [-0.39, 0.29) is 37.4 Å². The van der Waals surface area contributed by atoms with Crippen LogP contribution in [-0.4, -0.2) is 53.2 Å². The fourth-order valence-corrected chi connectivity index (χ4v) is 4.72. The molecule has 2 aliphatic carbocycles. The summed E-state index contributed by atoms with van der Waals surface area (Å²) in [6.07, 6.45) is 3.17. The number of aliphatic carboxylic acids is 1. The van der Waals surface area contributed by atoms with Crippen molar-refractivity contribution < 1.29 is 24.2 Å². The van der Waals surface area contributed by atoms with Gasteiger partial charge in [0, 0.05) is 18.5 Å². The quantitative estimate of drug-likeness (QED) is 0.509. The molecule has 34 heavy (non-hydrogen) atoms. The first-order chi connectivity index (χ1) is 16.5. The normalized spacial score (nSPS) is 15.2. The third-order valence-electron chi connectivity index (χ3n) is 6.62. The highest BCUT2D eigenvalue weighted by molar-refractivity contribution is 5.86. The van der Waals surface area contributed by atoms with Gasteiger partial charge < -0.3 is 20.1 Å². The van der Waals surface area contributed by atoms with Gasteiger partial charge >= 0.3 is 12.1 Å². The maximum atomic E-state index is 13.2. The van der Waals surface area contributed by atoms with Crippen molar-refractivity contribution in [1.82, 2.24) is 10.2 Å².